The standard InChI is InChI=1S/C21H37N3O8Si.C19H33N3O8Si.C19H33N3O7Si/c1-4-30-33(31-5-2,32-6-3)14-8-7-11-22-19(25)23(12-9-17-15-28-17)21(27)24(20(22)26)13-10-18-16-29-18;1-4-28-31(29-5-2,30-6-3)10-8-7-9-20-17(23)21(11-15-13-26-15)19(25)22(18(20)24)12-16-14-27-16;1-4-27-30(28-5-2,29-6-3)11-7-10-20-17(23)21(12-15-8-9-15)19(25)22(18(20)24)13-16-14-26-16/h17-18H,4-16H2,1-3H3;15-16H,4-14H2,1-3H3;15-16H,4-14H2,1-3H3. The number of ether oxygens (including phenoxy) is 5. The molecular formula is C59H103N9O23Si3. The van der Waals surface area contributed by atoms with Gasteiger partial charge in [0.15, 0.2) is 0 Å². The van der Waals surface area contributed by atoms with Crippen molar-refractivity contribution >= 4 is 26.4 Å². The van der Waals surface area contributed by atoms with Gasteiger partial charge < -0.3 is 63.5 Å². The zero-order valence-electron chi connectivity index (χ0n) is 56.6. The van der Waals surface area contributed by atoms with Gasteiger partial charge in [-0.05, 0) is 126 Å². The summed E-state index contributed by atoms with van der Waals surface area (Å²) >= 11 is 0. The minimum atomic E-state index is -2.87. The summed E-state index contributed by atoms with van der Waals surface area (Å²) in [6.07, 6.45) is 5.79. The zero-order valence-corrected chi connectivity index (χ0v) is 59.6. The molecule has 0 N–H and O–H groups in total. The number of hydrogen-bond donors (Lipinski definition) is 0. The third-order valence-corrected chi connectivity index (χ3v) is 25.6. The quantitative estimate of drug-likeness (QED) is 0.0429. The lowest BCUT2D eigenvalue weighted by Crippen LogP contribution is -2.55. The molecule has 0 radical (unpaired) electrons. The van der Waals surface area contributed by atoms with Gasteiger partial charge in [-0.3, -0.25) is 0 Å². The first-order chi connectivity index (χ1) is 45.3. The van der Waals surface area contributed by atoms with Crippen LogP contribution < -0.4 is 51.2 Å². The molecule has 6 fully saturated rings. The highest BCUT2D eigenvalue weighted by Crippen LogP contribution is 2.30. The summed E-state index contributed by atoms with van der Waals surface area (Å²) in [5, 5.41) is 0. The van der Waals surface area contributed by atoms with Crippen LogP contribution in [0.3, 0.4) is 0 Å². The Hall–Kier alpha value is -4.68. The van der Waals surface area contributed by atoms with E-state index in [-0.39, 0.29) is 82.9 Å². The highest BCUT2D eigenvalue weighted by Gasteiger charge is 2.42. The maximum Gasteiger partial charge on any atom is 0.500 e. The predicted octanol–water partition coefficient (Wildman–Crippen LogP) is 0.795. The second kappa shape index (κ2) is 37.3. The molecule has 5 saturated heterocycles. The van der Waals surface area contributed by atoms with E-state index in [4.69, 9.17) is 63.5 Å². The second-order valence-electron chi connectivity index (χ2n) is 23.5. The van der Waals surface area contributed by atoms with E-state index in [1.165, 1.54) is 9.13 Å². The van der Waals surface area contributed by atoms with Gasteiger partial charge in [-0.2, -0.15) is 0 Å². The van der Waals surface area contributed by atoms with Gasteiger partial charge in [0.1, 0.15) is 0 Å². The summed E-state index contributed by atoms with van der Waals surface area (Å²) in [6, 6.07) is 1.68. The molecule has 35 heteroatoms. The fourth-order valence-electron chi connectivity index (χ4n) is 11.0. The normalized spacial score (nSPS) is 19.6. The molecule has 534 valence electrons. The van der Waals surface area contributed by atoms with Gasteiger partial charge in [0.25, 0.3) is 0 Å². The molecule has 5 aliphatic heterocycles. The van der Waals surface area contributed by atoms with Crippen molar-refractivity contribution in [2.75, 3.05) is 92.5 Å². The molecule has 0 spiro atoms. The van der Waals surface area contributed by atoms with E-state index in [9.17, 15) is 43.2 Å². The van der Waals surface area contributed by atoms with Gasteiger partial charge in [0.2, 0.25) is 0 Å². The molecule has 94 heavy (non-hydrogen) atoms. The van der Waals surface area contributed by atoms with Gasteiger partial charge in [-0.1, -0.05) is 0 Å². The molecule has 32 nitrogen and oxygen atoms in total. The lowest BCUT2D eigenvalue weighted by molar-refractivity contribution is 0.0697. The van der Waals surface area contributed by atoms with Gasteiger partial charge in [0, 0.05) is 117 Å². The topological polar surface area (TPSA) is 344 Å². The first-order valence-corrected chi connectivity index (χ1v) is 39.8. The number of unbranched alkanes of at least 4 members (excludes halogenated alkanes) is 2. The van der Waals surface area contributed by atoms with Crippen molar-refractivity contribution in [3.05, 3.63) is 94.4 Å². The van der Waals surface area contributed by atoms with Crippen molar-refractivity contribution in [2.24, 2.45) is 5.92 Å². The minimum absolute atomic E-state index is 0.0822. The van der Waals surface area contributed by atoms with E-state index in [0.717, 1.165) is 44.8 Å². The molecule has 3 aromatic rings. The predicted molar refractivity (Wildman–Crippen MR) is 348 cm³/mol. The molecule has 0 amide bonds. The molecular weight excluding hydrogens is 1290 g/mol. The van der Waals surface area contributed by atoms with Crippen LogP contribution in [-0.2, 0) is 122 Å². The van der Waals surface area contributed by atoms with Gasteiger partial charge >= 0.3 is 77.6 Å². The Morgan fingerprint density at radius 2 is 0.500 bits per heavy atom. The maximum absolute atomic E-state index is 13.0. The minimum Gasteiger partial charge on any atom is -0.374 e. The van der Waals surface area contributed by atoms with Crippen molar-refractivity contribution in [1.29, 1.82) is 0 Å². The fraction of sp³-hybridized carbons (Fsp3) is 0.847. The first-order valence-electron chi connectivity index (χ1n) is 34.0. The Labute approximate surface area is 549 Å². The Kier molecular flexibility index (Phi) is 30.4. The van der Waals surface area contributed by atoms with Crippen LogP contribution in [0.2, 0.25) is 18.1 Å². The fourth-order valence-corrected chi connectivity index (χ4v) is 19.0. The van der Waals surface area contributed by atoms with Crippen molar-refractivity contribution in [3.63, 3.8) is 0 Å². The van der Waals surface area contributed by atoms with E-state index >= 15 is 0 Å². The number of epoxide rings is 5. The van der Waals surface area contributed by atoms with Crippen LogP contribution in [0.4, 0.5) is 0 Å². The van der Waals surface area contributed by atoms with Crippen LogP contribution in [0.25, 0.3) is 0 Å². The average molecular weight is 1390 g/mol. The van der Waals surface area contributed by atoms with E-state index in [1.807, 2.05) is 62.3 Å². The molecule has 0 bridgehead atoms. The summed E-state index contributed by atoms with van der Waals surface area (Å²) in [4.78, 5) is 116. The van der Waals surface area contributed by atoms with Crippen LogP contribution >= 0.6 is 0 Å². The van der Waals surface area contributed by atoms with Crippen molar-refractivity contribution in [2.45, 2.75) is 228 Å². The van der Waals surface area contributed by atoms with E-state index < -0.39 is 77.6 Å². The Morgan fingerprint density at radius 3 is 0.745 bits per heavy atom. The number of rotatable bonds is 46. The highest BCUT2D eigenvalue weighted by molar-refractivity contribution is 6.61. The molecule has 0 aromatic carbocycles. The van der Waals surface area contributed by atoms with Crippen molar-refractivity contribution in [1.82, 2.24) is 41.1 Å². The number of hydrogen-bond acceptors (Lipinski definition) is 23. The highest BCUT2D eigenvalue weighted by atomic mass is 28.4. The molecule has 1 aliphatic carbocycles. The monoisotopic (exact) mass is 1390 g/mol. The lowest BCUT2D eigenvalue weighted by atomic mass is 10.3. The van der Waals surface area contributed by atoms with Crippen molar-refractivity contribution < 1.29 is 63.5 Å². The molecule has 5 atom stereocenters. The summed E-state index contributed by atoms with van der Waals surface area (Å²) in [5.74, 6) is 0.334. The smallest absolute Gasteiger partial charge is 0.374 e. The Morgan fingerprint density at radius 1 is 0.287 bits per heavy atom. The molecule has 5 unspecified atom stereocenters. The molecule has 8 heterocycles. The Bertz CT molecular complexity index is 3220. The largest absolute Gasteiger partial charge is 0.500 e. The molecule has 1 saturated carbocycles. The number of nitrogens with zero attached hydrogens (tertiary/aromatic N) is 9. The van der Waals surface area contributed by atoms with Crippen LogP contribution in [0.15, 0.2) is 43.2 Å². The SMILES string of the molecule is CCO[Si](CCCCn1c(=O)n(CC2CO2)c(=O)n(CC2CO2)c1=O)(OCC)OCC.CCO[Si](CCCCn1c(=O)n(CCC2CO2)c(=O)n(CCC2CO2)c1=O)(OCC)OCC.CCO[Si](CCCn1c(=O)n(CC2CC2)c(=O)n(CC2CO2)c1=O)(OCC)OCC. The van der Waals surface area contributed by atoms with E-state index in [1.54, 1.807) is 0 Å². The molecule has 3 aromatic heterocycles. The summed E-state index contributed by atoms with van der Waals surface area (Å²) in [6.45, 7) is 26.2. The maximum atomic E-state index is 13.0. The third kappa shape index (κ3) is 22.4. The van der Waals surface area contributed by atoms with Gasteiger partial charge in [-0.25, -0.2) is 84.3 Å². The van der Waals surface area contributed by atoms with E-state index in [0.29, 0.717) is 168 Å². The lowest BCUT2D eigenvalue weighted by Gasteiger charge is -2.28. The molecule has 9 rings (SSSR count). The van der Waals surface area contributed by atoms with Crippen molar-refractivity contribution in [3.8, 4) is 0 Å². The van der Waals surface area contributed by atoms with Gasteiger partial charge in [0.05, 0.1) is 83.2 Å². The first kappa shape index (κ1) is 76.7. The third-order valence-electron chi connectivity index (χ3n) is 16.2. The van der Waals surface area contributed by atoms with Gasteiger partial charge in [-0.15, -0.1) is 0 Å². The average Bonchev–Trinajstić information content (AvgIpc) is 0.816. The van der Waals surface area contributed by atoms with Crippen LogP contribution in [-0.4, -0.2) is 191 Å². The summed E-state index contributed by atoms with van der Waals surface area (Å²) in [7, 11) is -8.43. The zero-order chi connectivity index (χ0) is 68.0. The van der Waals surface area contributed by atoms with Crippen LogP contribution in [0, 0.1) is 5.92 Å². The van der Waals surface area contributed by atoms with Crippen LogP contribution in [0.1, 0.15) is 120 Å². The van der Waals surface area contributed by atoms with E-state index in [2.05, 4.69) is 0 Å². The number of aromatic nitrogens is 9. The summed E-state index contributed by atoms with van der Waals surface area (Å²) < 4.78 is 89.0. The molecule has 6 aliphatic rings. The van der Waals surface area contributed by atoms with Crippen LogP contribution in [0.5, 0.6) is 0 Å². The second-order valence-corrected chi connectivity index (χ2v) is 31.7. The summed E-state index contributed by atoms with van der Waals surface area (Å²) in [5.41, 5.74) is -5.13. The Balaban J connectivity index is 0.000000200.